The second kappa shape index (κ2) is 6.78. The number of hydrogen-bond acceptors (Lipinski definition) is 7. The standard InChI is InChI=1S/C10H19NO8S/c1-3-6-8(11-5(2)12)10(14)9(13)7(19-6)4-18-20(15,16)17/h6-10,13-14H,3-4H2,1-2H3,(H,11,12)(H,15,16,17)/t6?,7?,8?,9-,10+/m1/s1. The number of amides is 1. The molecule has 4 N–H and O–H groups in total. The fourth-order valence-electron chi connectivity index (χ4n) is 2.10. The Morgan fingerprint density at radius 1 is 1.30 bits per heavy atom. The Hall–Kier alpha value is -0.780. The monoisotopic (exact) mass is 313 g/mol. The lowest BCUT2D eigenvalue weighted by molar-refractivity contribution is -0.193. The molecule has 0 spiro atoms. The quantitative estimate of drug-likeness (QED) is 0.436. The van der Waals surface area contributed by atoms with Gasteiger partial charge in [0.1, 0.15) is 18.3 Å². The van der Waals surface area contributed by atoms with Crippen LogP contribution in [0.15, 0.2) is 0 Å². The van der Waals surface area contributed by atoms with E-state index in [-0.39, 0.29) is 0 Å². The zero-order valence-electron chi connectivity index (χ0n) is 11.1. The van der Waals surface area contributed by atoms with E-state index in [4.69, 9.17) is 9.29 Å². The van der Waals surface area contributed by atoms with Crippen molar-refractivity contribution in [3.63, 3.8) is 0 Å². The molecular weight excluding hydrogens is 294 g/mol. The Morgan fingerprint density at radius 2 is 1.90 bits per heavy atom. The number of ether oxygens (including phenoxy) is 1. The van der Waals surface area contributed by atoms with Crippen LogP contribution in [-0.4, -0.2) is 66.2 Å². The first-order valence-electron chi connectivity index (χ1n) is 6.06. The van der Waals surface area contributed by atoms with Crippen molar-refractivity contribution >= 4 is 16.3 Å². The molecule has 1 fully saturated rings. The molecule has 0 aromatic rings. The minimum Gasteiger partial charge on any atom is -0.388 e. The summed E-state index contributed by atoms with van der Waals surface area (Å²) in [6.45, 7) is 2.37. The summed E-state index contributed by atoms with van der Waals surface area (Å²) < 4.78 is 39.0. The van der Waals surface area contributed by atoms with E-state index in [9.17, 15) is 23.4 Å². The highest BCUT2D eigenvalue weighted by molar-refractivity contribution is 7.80. The molecule has 1 aliphatic heterocycles. The third-order valence-electron chi connectivity index (χ3n) is 3.00. The molecule has 118 valence electrons. The first-order valence-corrected chi connectivity index (χ1v) is 7.42. The predicted octanol–water partition coefficient (Wildman–Crippen LogP) is -1.79. The van der Waals surface area contributed by atoms with Crippen LogP contribution < -0.4 is 5.32 Å². The number of carbonyl (C=O) groups is 1. The Morgan fingerprint density at radius 3 is 2.35 bits per heavy atom. The van der Waals surface area contributed by atoms with Gasteiger partial charge in [-0.25, -0.2) is 4.18 Å². The molecule has 1 saturated heterocycles. The van der Waals surface area contributed by atoms with Crippen molar-refractivity contribution in [2.75, 3.05) is 6.61 Å². The smallest absolute Gasteiger partial charge is 0.388 e. The molecule has 10 heteroatoms. The maximum atomic E-state index is 11.1. The molecule has 1 rings (SSSR count). The van der Waals surface area contributed by atoms with Crippen LogP contribution in [0, 0.1) is 0 Å². The molecule has 0 aromatic heterocycles. The molecule has 1 aliphatic rings. The Bertz CT molecular complexity index is 437. The van der Waals surface area contributed by atoms with Gasteiger partial charge in [-0.2, -0.15) is 8.42 Å². The van der Waals surface area contributed by atoms with Crippen LogP contribution in [0.4, 0.5) is 0 Å². The van der Waals surface area contributed by atoms with Gasteiger partial charge in [0, 0.05) is 6.92 Å². The minimum absolute atomic E-state index is 0.393. The summed E-state index contributed by atoms with van der Waals surface area (Å²) >= 11 is 0. The Kier molecular flexibility index (Phi) is 5.86. The van der Waals surface area contributed by atoms with Gasteiger partial charge in [0.05, 0.1) is 18.8 Å². The summed E-state index contributed by atoms with van der Waals surface area (Å²) in [5.41, 5.74) is 0. The third kappa shape index (κ3) is 4.65. The largest absolute Gasteiger partial charge is 0.397 e. The van der Waals surface area contributed by atoms with Crippen molar-refractivity contribution in [1.82, 2.24) is 5.32 Å². The number of aliphatic hydroxyl groups excluding tert-OH is 2. The molecule has 9 nitrogen and oxygen atoms in total. The van der Waals surface area contributed by atoms with Gasteiger partial charge < -0.3 is 20.3 Å². The molecule has 5 atom stereocenters. The van der Waals surface area contributed by atoms with Crippen LogP contribution in [-0.2, 0) is 24.1 Å². The van der Waals surface area contributed by atoms with Crippen LogP contribution in [0.5, 0.6) is 0 Å². The highest BCUT2D eigenvalue weighted by atomic mass is 32.3. The predicted molar refractivity (Wildman–Crippen MR) is 66.1 cm³/mol. The van der Waals surface area contributed by atoms with Crippen LogP contribution in [0.1, 0.15) is 20.3 Å². The highest BCUT2D eigenvalue weighted by Crippen LogP contribution is 2.23. The summed E-state index contributed by atoms with van der Waals surface area (Å²) in [6.07, 6.45) is -4.14. The van der Waals surface area contributed by atoms with Crippen LogP contribution in [0.3, 0.4) is 0 Å². The average molecular weight is 313 g/mol. The molecular formula is C10H19NO8S. The second-order valence-electron chi connectivity index (χ2n) is 4.54. The maximum absolute atomic E-state index is 11.1. The summed E-state index contributed by atoms with van der Waals surface area (Å²) in [5, 5.41) is 22.3. The first kappa shape index (κ1) is 17.3. The van der Waals surface area contributed by atoms with Gasteiger partial charge in [-0.1, -0.05) is 6.92 Å². The van der Waals surface area contributed by atoms with Crippen LogP contribution in [0.2, 0.25) is 0 Å². The van der Waals surface area contributed by atoms with E-state index < -0.39 is 53.4 Å². The summed E-state index contributed by atoms with van der Waals surface area (Å²) in [5.74, 6) is -0.393. The summed E-state index contributed by atoms with van der Waals surface area (Å²) in [6, 6.07) is -0.811. The summed E-state index contributed by atoms with van der Waals surface area (Å²) in [7, 11) is -4.66. The normalized spacial score (nSPS) is 34.8. The van der Waals surface area contributed by atoms with E-state index in [0.717, 1.165) is 0 Å². The number of nitrogens with one attached hydrogen (secondary N) is 1. The van der Waals surface area contributed by atoms with Crippen molar-refractivity contribution in [3.8, 4) is 0 Å². The fourth-order valence-corrected chi connectivity index (χ4v) is 2.40. The lowest BCUT2D eigenvalue weighted by Crippen LogP contribution is -2.63. The van der Waals surface area contributed by atoms with Gasteiger partial charge in [-0.3, -0.25) is 9.35 Å². The molecule has 0 bridgehead atoms. The Labute approximate surface area is 116 Å². The molecule has 1 heterocycles. The minimum atomic E-state index is -4.66. The average Bonchev–Trinajstić information content (AvgIpc) is 2.32. The van der Waals surface area contributed by atoms with E-state index in [0.29, 0.717) is 6.42 Å². The van der Waals surface area contributed by atoms with Crippen molar-refractivity contribution < 1.29 is 36.9 Å². The highest BCUT2D eigenvalue weighted by Gasteiger charge is 2.44. The molecule has 20 heavy (non-hydrogen) atoms. The third-order valence-corrected chi connectivity index (χ3v) is 3.44. The summed E-state index contributed by atoms with van der Waals surface area (Å²) in [4.78, 5) is 11.1. The molecule has 0 radical (unpaired) electrons. The van der Waals surface area contributed by atoms with E-state index in [1.54, 1.807) is 6.92 Å². The zero-order valence-corrected chi connectivity index (χ0v) is 11.9. The van der Waals surface area contributed by atoms with Crippen molar-refractivity contribution in [2.45, 2.75) is 50.7 Å². The molecule has 0 saturated carbocycles. The lowest BCUT2D eigenvalue weighted by atomic mass is 9.91. The van der Waals surface area contributed by atoms with Crippen LogP contribution in [0.25, 0.3) is 0 Å². The second-order valence-corrected chi connectivity index (χ2v) is 5.63. The molecule has 3 unspecified atom stereocenters. The number of carbonyl (C=O) groups excluding carboxylic acids is 1. The van der Waals surface area contributed by atoms with Gasteiger partial charge in [0.25, 0.3) is 0 Å². The van der Waals surface area contributed by atoms with Gasteiger partial charge >= 0.3 is 10.4 Å². The van der Waals surface area contributed by atoms with Crippen molar-refractivity contribution in [1.29, 1.82) is 0 Å². The Balaban J connectivity index is 2.77. The number of hydrogen-bond donors (Lipinski definition) is 4. The van der Waals surface area contributed by atoms with Gasteiger partial charge in [0.15, 0.2) is 0 Å². The lowest BCUT2D eigenvalue weighted by Gasteiger charge is -2.42. The SMILES string of the molecule is CCC1OC(COS(=O)(=O)O)[C@@H](O)[C@@H](O)C1NC(C)=O. The van der Waals surface area contributed by atoms with E-state index in [1.165, 1.54) is 6.92 Å². The molecule has 1 amide bonds. The van der Waals surface area contributed by atoms with Gasteiger partial charge in [0.2, 0.25) is 5.91 Å². The number of aliphatic hydroxyl groups is 2. The molecule has 0 aromatic carbocycles. The number of rotatable bonds is 5. The topological polar surface area (TPSA) is 142 Å². The van der Waals surface area contributed by atoms with Crippen molar-refractivity contribution in [2.24, 2.45) is 0 Å². The van der Waals surface area contributed by atoms with E-state index in [2.05, 4.69) is 9.50 Å². The zero-order chi connectivity index (χ0) is 15.5. The van der Waals surface area contributed by atoms with E-state index in [1.807, 2.05) is 0 Å². The van der Waals surface area contributed by atoms with Gasteiger partial charge in [-0.15, -0.1) is 0 Å². The maximum Gasteiger partial charge on any atom is 0.397 e. The van der Waals surface area contributed by atoms with E-state index >= 15 is 0 Å². The van der Waals surface area contributed by atoms with Crippen LogP contribution >= 0.6 is 0 Å². The fraction of sp³-hybridized carbons (Fsp3) is 0.900. The molecule has 0 aliphatic carbocycles. The van der Waals surface area contributed by atoms with Crippen molar-refractivity contribution in [3.05, 3.63) is 0 Å². The first-order chi connectivity index (χ1) is 9.15. The van der Waals surface area contributed by atoms with Gasteiger partial charge in [-0.05, 0) is 6.42 Å².